The summed E-state index contributed by atoms with van der Waals surface area (Å²) in [5, 5.41) is 7.81. The summed E-state index contributed by atoms with van der Waals surface area (Å²) in [4.78, 5) is 2.58. The molecule has 0 saturated carbocycles. The van der Waals surface area contributed by atoms with E-state index in [-0.39, 0.29) is 12.4 Å². The number of hydrogen-bond acceptors (Lipinski definition) is 3. The molecule has 4 nitrogen and oxygen atoms in total. The van der Waals surface area contributed by atoms with E-state index in [2.05, 4.69) is 33.0 Å². The van der Waals surface area contributed by atoms with E-state index in [0.29, 0.717) is 0 Å². The topological polar surface area (TPSA) is 33.1 Å². The summed E-state index contributed by atoms with van der Waals surface area (Å²) in [6.07, 6.45) is 1.91. The van der Waals surface area contributed by atoms with Crippen molar-refractivity contribution in [3.8, 4) is 0 Å². The summed E-state index contributed by atoms with van der Waals surface area (Å²) in [7, 11) is 0. The summed E-state index contributed by atoms with van der Waals surface area (Å²) < 4.78 is 2.10. The third-order valence-corrected chi connectivity index (χ3v) is 3.95. The summed E-state index contributed by atoms with van der Waals surface area (Å²) in [6, 6.07) is 2.15. The predicted molar refractivity (Wildman–Crippen MR) is 70.3 cm³/mol. The molecule has 0 aliphatic carbocycles. The van der Waals surface area contributed by atoms with Gasteiger partial charge in [-0.3, -0.25) is 9.58 Å². The van der Waals surface area contributed by atoms with Crippen LogP contribution in [0, 0.1) is 11.8 Å². The molecule has 96 valence electrons. The van der Waals surface area contributed by atoms with Crippen LogP contribution in [0.1, 0.15) is 12.6 Å². The minimum atomic E-state index is 0. The Bertz CT molecular complexity index is 353. The van der Waals surface area contributed by atoms with Crippen molar-refractivity contribution in [1.82, 2.24) is 20.0 Å². The van der Waals surface area contributed by atoms with Crippen LogP contribution in [0.4, 0.5) is 0 Å². The van der Waals surface area contributed by atoms with Gasteiger partial charge in [-0.25, -0.2) is 0 Å². The molecule has 2 aliphatic heterocycles. The van der Waals surface area contributed by atoms with Crippen LogP contribution in [-0.2, 0) is 13.1 Å². The van der Waals surface area contributed by atoms with Gasteiger partial charge in [0.15, 0.2) is 0 Å². The lowest BCUT2D eigenvalue weighted by Gasteiger charge is -2.17. The highest BCUT2D eigenvalue weighted by atomic mass is 35.5. The van der Waals surface area contributed by atoms with Gasteiger partial charge in [0.25, 0.3) is 0 Å². The second-order valence-electron chi connectivity index (χ2n) is 5.01. The van der Waals surface area contributed by atoms with Crippen LogP contribution in [0.15, 0.2) is 12.3 Å². The lowest BCUT2D eigenvalue weighted by atomic mass is 10.0. The van der Waals surface area contributed by atoms with Gasteiger partial charge in [-0.2, -0.15) is 5.10 Å². The van der Waals surface area contributed by atoms with Crippen LogP contribution in [0.25, 0.3) is 0 Å². The zero-order valence-electron chi connectivity index (χ0n) is 10.3. The van der Waals surface area contributed by atoms with E-state index in [0.717, 1.165) is 24.9 Å². The third-order valence-electron chi connectivity index (χ3n) is 3.95. The standard InChI is InChI=1S/C12H20N4.ClH/c1-2-16-12(3-4-14-16)9-15-7-10-5-13-6-11(10)8-15;/h3-4,10-11,13H,2,5-9H2,1H3;1H/t10-,11+;. The molecule has 2 saturated heterocycles. The van der Waals surface area contributed by atoms with Crippen LogP contribution in [-0.4, -0.2) is 40.9 Å². The monoisotopic (exact) mass is 256 g/mol. The van der Waals surface area contributed by atoms with Gasteiger partial charge >= 0.3 is 0 Å². The predicted octanol–water partition coefficient (Wildman–Crippen LogP) is 0.976. The Hall–Kier alpha value is -0.580. The molecule has 0 bridgehead atoms. The molecule has 0 spiro atoms. The first kappa shape index (κ1) is 12.9. The van der Waals surface area contributed by atoms with Crippen molar-refractivity contribution in [3.05, 3.63) is 18.0 Å². The van der Waals surface area contributed by atoms with Crippen molar-refractivity contribution in [1.29, 1.82) is 0 Å². The van der Waals surface area contributed by atoms with E-state index in [1.807, 2.05) is 6.20 Å². The van der Waals surface area contributed by atoms with Crippen LogP contribution < -0.4 is 5.32 Å². The number of fused-ring (bicyclic) bond motifs is 1. The molecule has 3 rings (SSSR count). The molecule has 1 aromatic heterocycles. The van der Waals surface area contributed by atoms with E-state index in [1.165, 1.54) is 31.9 Å². The molecule has 5 heteroatoms. The first-order valence-corrected chi connectivity index (χ1v) is 6.30. The van der Waals surface area contributed by atoms with Gasteiger partial charge in [0.1, 0.15) is 0 Å². The van der Waals surface area contributed by atoms with Crippen molar-refractivity contribution < 1.29 is 0 Å². The Morgan fingerprint density at radius 1 is 1.35 bits per heavy atom. The normalized spacial score (nSPS) is 28.1. The van der Waals surface area contributed by atoms with Gasteiger partial charge in [0.2, 0.25) is 0 Å². The van der Waals surface area contributed by atoms with Gasteiger partial charge in [0.05, 0.1) is 5.69 Å². The number of hydrogen-bond donors (Lipinski definition) is 1. The van der Waals surface area contributed by atoms with E-state index < -0.39 is 0 Å². The average molecular weight is 257 g/mol. The van der Waals surface area contributed by atoms with Crippen LogP contribution in [0.5, 0.6) is 0 Å². The number of aromatic nitrogens is 2. The lowest BCUT2D eigenvalue weighted by molar-refractivity contribution is 0.295. The van der Waals surface area contributed by atoms with E-state index in [9.17, 15) is 0 Å². The molecular formula is C12H21ClN4. The molecule has 0 unspecified atom stereocenters. The highest BCUT2D eigenvalue weighted by molar-refractivity contribution is 5.85. The molecule has 17 heavy (non-hydrogen) atoms. The maximum atomic E-state index is 4.33. The molecule has 0 aromatic carbocycles. The van der Waals surface area contributed by atoms with Crippen molar-refractivity contribution in [2.75, 3.05) is 26.2 Å². The van der Waals surface area contributed by atoms with Gasteiger partial charge < -0.3 is 5.32 Å². The molecule has 1 aromatic rings. The van der Waals surface area contributed by atoms with Crippen molar-refractivity contribution in [2.24, 2.45) is 11.8 Å². The fourth-order valence-corrected chi connectivity index (χ4v) is 3.09. The van der Waals surface area contributed by atoms with Crippen molar-refractivity contribution in [2.45, 2.75) is 20.0 Å². The minimum Gasteiger partial charge on any atom is -0.316 e. The first-order valence-electron chi connectivity index (χ1n) is 6.30. The fraction of sp³-hybridized carbons (Fsp3) is 0.750. The number of nitrogens with zero attached hydrogens (tertiary/aromatic N) is 3. The molecule has 2 aliphatic rings. The number of nitrogens with one attached hydrogen (secondary N) is 1. The molecule has 0 radical (unpaired) electrons. The highest BCUT2D eigenvalue weighted by Crippen LogP contribution is 2.27. The maximum absolute atomic E-state index is 4.33. The van der Waals surface area contributed by atoms with Crippen LogP contribution in [0.3, 0.4) is 0 Å². The van der Waals surface area contributed by atoms with Crippen LogP contribution >= 0.6 is 12.4 Å². The zero-order chi connectivity index (χ0) is 11.0. The smallest absolute Gasteiger partial charge is 0.0524 e. The Morgan fingerprint density at radius 2 is 2.06 bits per heavy atom. The number of halogens is 1. The average Bonchev–Trinajstić information content (AvgIpc) is 2.92. The lowest BCUT2D eigenvalue weighted by Crippen LogP contribution is -2.26. The Kier molecular flexibility index (Phi) is 4.07. The first-order chi connectivity index (χ1) is 7.86. The van der Waals surface area contributed by atoms with Crippen LogP contribution in [0.2, 0.25) is 0 Å². The van der Waals surface area contributed by atoms with E-state index in [4.69, 9.17) is 0 Å². The highest BCUT2D eigenvalue weighted by Gasteiger charge is 2.35. The van der Waals surface area contributed by atoms with Gasteiger partial charge in [-0.05, 0) is 37.9 Å². The Balaban J connectivity index is 0.00000108. The second-order valence-corrected chi connectivity index (χ2v) is 5.01. The fourth-order valence-electron chi connectivity index (χ4n) is 3.09. The molecule has 0 amide bonds. The van der Waals surface area contributed by atoms with Gasteiger partial charge in [-0.1, -0.05) is 0 Å². The molecule has 2 atom stereocenters. The second kappa shape index (κ2) is 5.38. The van der Waals surface area contributed by atoms with E-state index in [1.54, 1.807) is 0 Å². The Labute approximate surface area is 109 Å². The molecule has 1 N–H and O–H groups in total. The summed E-state index contributed by atoms with van der Waals surface area (Å²) in [5.41, 5.74) is 1.36. The number of aryl methyl sites for hydroxylation is 1. The van der Waals surface area contributed by atoms with E-state index >= 15 is 0 Å². The summed E-state index contributed by atoms with van der Waals surface area (Å²) in [6.45, 7) is 9.14. The zero-order valence-corrected chi connectivity index (χ0v) is 11.1. The largest absolute Gasteiger partial charge is 0.316 e. The van der Waals surface area contributed by atoms with Gasteiger partial charge in [-0.15, -0.1) is 12.4 Å². The number of likely N-dealkylation sites (tertiary alicyclic amines) is 1. The Morgan fingerprint density at radius 3 is 2.71 bits per heavy atom. The molecule has 2 fully saturated rings. The molecular weight excluding hydrogens is 236 g/mol. The summed E-state index contributed by atoms with van der Waals surface area (Å²) >= 11 is 0. The SMILES string of the molecule is CCn1nccc1CN1C[C@H]2CNC[C@H]2C1.Cl. The maximum Gasteiger partial charge on any atom is 0.0524 e. The van der Waals surface area contributed by atoms with Crippen molar-refractivity contribution >= 4 is 12.4 Å². The minimum absolute atomic E-state index is 0. The van der Waals surface area contributed by atoms with Crippen molar-refractivity contribution in [3.63, 3.8) is 0 Å². The van der Waals surface area contributed by atoms with Gasteiger partial charge in [0, 0.05) is 32.4 Å². The third kappa shape index (κ3) is 2.49. The summed E-state index contributed by atoms with van der Waals surface area (Å²) in [5.74, 6) is 1.77. The number of rotatable bonds is 3. The quantitative estimate of drug-likeness (QED) is 0.875. The molecule has 3 heterocycles.